The molecule has 0 unspecified atom stereocenters. The molecule has 2 N–H and O–H groups in total. The van der Waals surface area contributed by atoms with E-state index < -0.39 is 12.0 Å². The first-order valence-corrected chi connectivity index (χ1v) is 17.7. The summed E-state index contributed by atoms with van der Waals surface area (Å²) in [4.78, 5) is 37.1. The molecule has 254 valence electrons. The van der Waals surface area contributed by atoms with Gasteiger partial charge in [0.2, 0.25) is 5.91 Å². The number of fused-ring (bicyclic) bond motifs is 3. The van der Waals surface area contributed by atoms with Gasteiger partial charge in [-0.3, -0.25) is 14.4 Å². The molecule has 0 radical (unpaired) electrons. The fourth-order valence-electron chi connectivity index (χ4n) is 6.27. The minimum absolute atomic E-state index is 0.00437. The Hall–Kier alpha value is -4.50. The Balaban J connectivity index is 1.21. The van der Waals surface area contributed by atoms with Gasteiger partial charge in [0.25, 0.3) is 0 Å². The number of hydrogen-bond donors (Lipinski definition) is 1. The summed E-state index contributed by atoms with van der Waals surface area (Å²) in [5, 5.41) is 10.6. The van der Waals surface area contributed by atoms with Gasteiger partial charge in [-0.25, -0.2) is 4.79 Å². The van der Waals surface area contributed by atoms with Crippen LogP contribution in [0.3, 0.4) is 0 Å². The molecule has 6 rings (SSSR count). The molecule has 0 bridgehead atoms. The maximum atomic E-state index is 13.9. The lowest BCUT2D eigenvalue weighted by Gasteiger charge is -2.36. The van der Waals surface area contributed by atoms with E-state index in [4.69, 9.17) is 27.1 Å². The van der Waals surface area contributed by atoms with Gasteiger partial charge in [-0.05, 0) is 76.1 Å². The molecule has 0 saturated carbocycles. The van der Waals surface area contributed by atoms with Gasteiger partial charge in [0.05, 0.1) is 24.8 Å². The number of carbonyl (C=O) groups is 2. The average molecular weight is 698 g/mol. The van der Waals surface area contributed by atoms with Crippen LogP contribution in [0.1, 0.15) is 80.9 Å². The van der Waals surface area contributed by atoms with E-state index >= 15 is 0 Å². The monoisotopic (exact) mass is 697 g/mol. The molecule has 2 aliphatic heterocycles. The van der Waals surface area contributed by atoms with E-state index in [0.717, 1.165) is 58.2 Å². The predicted molar refractivity (Wildman–Crippen MR) is 194 cm³/mol. The average Bonchev–Trinajstić information content (AvgIpc) is 3.59. The van der Waals surface area contributed by atoms with Crippen molar-refractivity contribution in [2.45, 2.75) is 52.5 Å². The summed E-state index contributed by atoms with van der Waals surface area (Å²) in [7, 11) is 1.37. The Morgan fingerprint density at radius 3 is 2.51 bits per heavy atom. The minimum Gasteiger partial charge on any atom is -0.465 e. The Morgan fingerprint density at radius 2 is 1.80 bits per heavy atom. The number of aromatic nitrogens is 3. The molecule has 4 aromatic rings. The lowest BCUT2D eigenvalue weighted by atomic mass is 9.99. The summed E-state index contributed by atoms with van der Waals surface area (Å²) in [5.41, 5.74) is 11.5. The van der Waals surface area contributed by atoms with Crippen LogP contribution in [0, 0.1) is 32.6 Å². The van der Waals surface area contributed by atoms with Crippen LogP contribution >= 0.6 is 22.9 Å². The topological polar surface area (TPSA) is 119 Å². The molecule has 2 aliphatic rings. The third-order valence-corrected chi connectivity index (χ3v) is 10.6. The number of hydrogen-bond acceptors (Lipinski definition) is 9. The van der Waals surface area contributed by atoms with Gasteiger partial charge in [0.1, 0.15) is 16.9 Å². The molecule has 0 aliphatic carbocycles. The molecular weight excluding hydrogens is 658 g/mol. The minimum atomic E-state index is -0.525. The lowest BCUT2D eigenvalue weighted by Crippen LogP contribution is -2.49. The summed E-state index contributed by atoms with van der Waals surface area (Å²) in [5.74, 6) is 7.27. The fourth-order valence-corrected chi connectivity index (χ4v) is 7.61. The second kappa shape index (κ2) is 14.9. The number of thiophene rings is 1. The number of carbonyl (C=O) groups excluding carboxylic acids is 2. The van der Waals surface area contributed by atoms with Crippen molar-refractivity contribution in [2.24, 2.45) is 10.7 Å². The standard InChI is InChI=1S/C37H40ClN7O3S/c1-23-24(2)49-36-33(23)34(27-10-13-28(38)14-11-27)40-31(35-42-41-25(3)45(35)36)22-32(46)44-19-17-43(18-20-44)29-15-12-26(9-7-5-6-8-16-39)30(21-29)37(47)48-4/h10-15,21,31H,5-6,8,16-20,22,39H2,1-4H3/t31-/m0/s1. The maximum absolute atomic E-state index is 13.9. The highest BCUT2D eigenvalue weighted by Crippen LogP contribution is 2.40. The molecule has 10 nitrogen and oxygen atoms in total. The number of methoxy groups -OCH3 is 1. The summed E-state index contributed by atoms with van der Waals surface area (Å²) in [6, 6.07) is 12.8. The number of ether oxygens (including phenoxy) is 1. The van der Waals surface area contributed by atoms with Crippen LogP contribution in [0.4, 0.5) is 5.69 Å². The largest absolute Gasteiger partial charge is 0.465 e. The van der Waals surface area contributed by atoms with Crippen LogP contribution in [0.25, 0.3) is 5.00 Å². The number of amides is 1. The molecule has 49 heavy (non-hydrogen) atoms. The van der Waals surface area contributed by atoms with Gasteiger partial charge in [0.15, 0.2) is 5.82 Å². The molecule has 4 heterocycles. The first-order valence-electron chi connectivity index (χ1n) is 16.5. The van der Waals surface area contributed by atoms with E-state index in [1.165, 1.54) is 12.0 Å². The number of aryl methyl sites for hydroxylation is 2. The molecule has 0 spiro atoms. The van der Waals surface area contributed by atoms with Crippen molar-refractivity contribution in [3.05, 3.63) is 91.8 Å². The zero-order valence-electron chi connectivity index (χ0n) is 28.3. The van der Waals surface area contributed by atoms with Crippen LogP contribution in [-0.4, -0.2) is 77.1 Å². The van der Waals surface area contributed by atoms with E-state index in [9.17, 15) is 9.59 Å². The van der Waals surface area contributed by atoms with E-state index in [1.54, 1.807) is 11.3 Å². The Morgan fingerprint density at radius 1 is 1.04 bits per heavy atom. The fraction of sp³-hybridized carbons (Fsp3) is 0.378. The number of rotatable bonds is 8. The van der Waals surface area contributed by atoms with Gasteiger partial charge < -0.3 is 20.3 Å². The molecule has 1 saturated heterocycles. The van der Waals surface area contributed by atoms with Crippen molar-refractivity contribution < 1.29 is 14.3 Å². The lowest BCUT2D eigenvalue weighted by molar-refractivity contribution is -0.131. The quantitative estimate of drug-likeness (QED) is 0.140. The Kier molecular flexibility index (Phi) is 10.5. The highest BCUT2D eigenvalue weighted by molar-refractivity contribution is 7.15. The third-order valence-electron chi connectivity index (χ3n) is 9.11. The number of unbranched alkanes of at least 4 members (excludes halogenated alkanes) is 2. The number of anilines is 1. The van der Waals surface area contributed by atoms with Gasteiger partial charge in [-0.2, -0.15) is 0 Å². The highest BCUT2D eigenvalue weighted by Gasteiger charge is 2.34. The summed E-state index contributed by atoms with van der Waals surface area (Å²) in [6.45, 7) is 9.10. The van der Waals surface area contributed by atoms with E-state index in [2.05, 4.69) is 45.4 Å². The molecular formula is C37H40ClN7O3S. The number of nitrogens with zero attached hydrogens (tertiary/aromatic N) is 6. The molecule has 1 amide bonds. The van der Waals surface area contributed by atoms with Gasteiger partial charge in [0, 0.05) is 64.9 Å². The number of benzene rings is 2. The first kappa shape index (κ1) is 34.4. The Bertz CT molecular complexity index is 1960. The number of nitrogens with two attached hydrogens (primary N) is 1. The van der Waals surface area contributed by atoms with Crippen molar-refractivity contribution >= 4 is 46.2 Å². The summed E-state index contributed by atoms with van der Waals surface area (Å²) < 4.78 is 7.13. The number of esters is 1. The van der Waals surface area contributed by atoms with E-state index in [1.807, 2.05) is 54.3 Å². The van der Waals surface area contributed by atoms with Crippen LogP contribution in [0.2, 0.25) is 5.02 Å². The van der Waals surface area contributed by atoms with Crippen LogP contribution in [0.15, 0.2) is 47.5 Å². The van der Waals surface area contributed by atoms with Gasteiger partial charge >= 0.3 is 5.97 Å². The summed E-state index contributed by atoms with van der Waals surface area (Å²) in [6.07, 6.45) is 2.72. The Labute approximate surface area is 295 Å². The van der Waals surface area contributed by atoms with Crippen molar-refractivity contribution in [2.75, 3.05) is 44.7 Å². The predicted octanol–water partition coefficient (Wildman–Crippen LogP) is 5.81. The maximum Gasteiger partial charge on any atom is 0.339 e. The molecule has 1 fully saturated rings. The van der Waals surface area contributed by atoms with Crippen molar-refractivity contribution in [3.63, 3.8) is 0 Å². The SMILES string of the molecule is COC(=O)c1cc(N2CCN(C(=O)C[C@@H]3N=C(c4ccc(Cl)cc4)c4c(sc(C)c4C)-n4c(C)nnc43)CC2)ccc1C#CCCCCN. The normalized spacial score (nSPS) is 15.5. The van der Waals surface area contributed by atoms with Gasteiger partial charge in [-0.15, -0.1) is 21.5 Å². The number of aliphatic imine (C=N–C) groups is 1. The van der Waals surface area contributed by atoms with Crippen molar-refractivity contribution in [3.8, 4) is 16.8 Å². The number of halogens is 1. The zero-order chi connectivity index (χ0) is 34.7. The van der Waals surface area contributed by atoms with Crippen molar-refractivity contribution in [1.82, 2.24) is 19.7 Å². The molecule has 2 aromatic heterocycles. The zero-order valence-corrected chi connectivity index (χ0v) is 29.8. The van der Waals surface area contributed by atoms with Crippen LogP contribution < -0.4 is 10.6 Å². The molecule has 12 heteroatoms. The van der Waals surface area contributed by atoms with Crippen LogP contribution in [-0.2, 0) is 9.53 Å². The third kappa shape index (κ3) is 7.13. The second-order valence-corrected chi connectivity index (χ2v) is 13.9. The van der Waals surface area contributed by atoms with E-state index in [-0.39, 0.29) is 12.3 Å². The molecule has 2 aromatic carbocycles. The smallest absolute Gasteiger partial charge is 0.339 e. The second-order valence-electron chi connectivity index (χ2n) is 12.2. The highest BCUT2D eigenvalue weighted by atomic mass is 35.5. The van der Waals surface area contributed by atoms with Crippen LogP contribution in [0.5, 0.6) is 0 Å². The van der Waals surface area contributed by atoms with Gasteiger partial charge in [-0.1, -0.05) is 35.6 Å². The van der Waals surface area contributed by atoms with Crippen molar-refractivity contribution in [1.29, 1.82) is 0 Å². The first-order chi connectivity index (χ1) is 23.7. The molecule has 1 atom stereocenters. The summed E-state index contributed by atoms with van der Waals surface area (Å²) >= 11 is 7.94. The van der Waals surface area contributed by atoms with E-state index in [0.29, 0.717) is 54.7 Å². The number of piperazine rings is 1.